The van der Waals surface area contributed by atoms with Crippen LogP contribution in [0.4, 0.5) is 0 Å². The third-order valence-electron chi connectivity index (χ3n) is 6.46. The van der Waals surface area contributed by atoms with Crippen molar-refractivity contribution in [2.75, 3.05) is 13.1 Å². The molecule has 0 radical (unpaired) electrons. The van der Waals surface area contributed by atoms with E-state index >= 15 is 0 Å². The standard InChI is InChI=1S/C28H59N/c1-3-5-6-7-8-9-10-11-12-13-14-15-16-17-18-19-20-21-22-23-24-25-26-27-28-29-4-2/h29H,3-28H2,1-2H3. The van der Waals surface area contributed by atoms with Gasteiger partial charge in [-0.1, -0.05) is 162 Å². The van der Waals surface area contributed by atoms with Crippen LogP contribution < -0.4 is 5.32 Å². The number of nitrogens with one attached hydrogen (secondary N) is 1. The first-order chi connectivity index (χ1) is 14.4. The van der Waals surface area contributed by atoms with Gasteiger partial charge in [-0.15, -0.1) is 0 Å². The highest BCUT2D eigenvalue weighted by Crippen LogP contribution is 2.15. The van der Waals surface area contributed by atoms with Crippen molar-refractivity contribution in [1.29, 1.82) is 0 Å². The Morgan fingerprint density at radius 1 is 0.310 bits per heavy atom. The Balaban J connectivity index is 2.97. The van der Waals surface area contributed by atoms with E-state index in [1.54, 1.807) is 0 Å². The Morgan fingerprint density at radius 3 is 0.793 bits per heavy atom. The summed E-state index contributed by atoms with van der Waals surface area (Å²) in [4.78, 5) is 0. The fourth-order valence-corrected chi connectivity index (χ4v) is 4.39. The van der Waals surface area contributed by atoms with Gasteiger partial charge in [-0.3, -0.25) is 0 Å². The zero-order chi connectivity index (χ0) is 21.1. The molecule has 29 heavy (non-hydrogen) atoms. The van der Waals surface area contributed by atoms with Gasteiger partial charge in [0.05, 0.1) is 0 Å². The minimum absolute atomic E-state index is 1.12. The second kappa shape index (κ2) is 28.0. The summed E-state index contributed by atoms with van der Waals surface area (Å²) in [6, 6.07) is 0. The molecule has 0 aliphatic rings. The minimum Gasteiger partial charge on any atom is -0.317 e. The first-order valence-electron chi connectivity index (χ1n) is 14.1. The number of unbranched alkanes of at least 4 members (excludes halogenated alkanes) is 23. The van der Waals surface area contributed by atoms with Crippen molar-refractivity contribution in [2.45, 2.75) is 168 Å². The Bertz CT molecular complexity index is 237. The Morgan fingerprint density at radius 2 is 0.552 bits per heavy atom. The topological polar surface area (TPSA) is 12.0 Å². The van der Waals surface area contributed by atoms with Crippen LogP contribution in [0.2, 0.25) is 0 Å². The number of rotatable bonds is 26. The van der Waals surface area contributed by atoms with Crippen molar-refractivity contribution >= 4 is 0 Å². The second-order valence-corrected chi connectivity index (χ2v) is 9.49. The minimum atomic E-state index is 1.12. The Labute approximate surface area is 186 Å². The molecule has 0 unspecified atom stereocenters. The smallest absolute Gasteiger partial charge is 0.00490 e. The van der Waals surface area contributed by atoms with Gasteiger partial charge in [0.25, 0.3) is 0 Å². The van der Waals surface area contributed by atoms with E-state index in [1.165, 1.54) is 161 Å². The first-order valence-corrected chi connectivity index (χ1v) is 14.1. The molecule has 1 heteroatoms. The third-order valence-corrected chi connectivity index (χ3v) is 6.46. The molecule has 0 fully saturated rings. The predicted molar refractivity (Wildman–Crippen MR) is 135 cm³/mol. The number of hydrogen-bond acceptors (Lipinski definition) is 1. The van der Waals surface area contributed by atoms with E-state index < -0.39 is 0 Å². The Kier molecular flexibility index (Phi) is 27.9. The lowest BCUT2D eigenvalue weighted by Gasteiger charge is -2.04. The van der Waals surface area contributed by atoms with Gasteiger partial charge in [-0.05, 0) is 19.5 Å². The summed E-state index contributed by atoms with van der Waals surface area (Å²) in [6.07, 6.45) is 35.2. The van der Waals surface area contributed by atoms with Gasteiger partial charge >= 0.3 is 0 Å². The van der Waals surface area contributed by atoms with Crippen LogP contribution >= 0.6 is 0 Å². The van der Waals surface area contributed by atoms with E-state index in [0.717, 1.165) is 6.54 Å². The van der Waals surface area contributed by atoms with Gasteiger partial charge in [-0.25, -0.2) is 0 Å². The molecule has 0 aromatic rings. The molecule has 176 valence electrons. The third kappa shape index (κ3) is 28.0. The van der Waals surface area contributed by atoms with Crippen LogP contribution in [-0.4, -0.2) is 13.1 Å². The van der Waals surface area contributed by atoms with Gasteiger partial charge in [0.2, 0.25) is 0 Å². The summed E-state index contributed by atoms with van der Waals surface area (Å²) in [5.74, 6) is 0. The van der Waals surface area contributed by atoms with Crippen LogP contribution in [0.15, 0.2) is 0 Å². The van der Waals surface area contributed by atoms with Crippen molar-refractivity contribution in [3.05, 3.63) is 0 Å². The lowest BCUT2D eigenvalue weighted by Crippen LogP contribution is -2.13. The molecule has 0 rings (SSSR count). The van der Waals surface area contributed by atoms with Crippen LogP contribution in [0.3, 0.4) is 0 Å². The monoisotopic (exact) mass is 409 g/mol. The molecule has 0 aromatic carbocycles. The molecule has 1 N–H and O–H groups in total. The summed E-state index contributed by atoms with van der Waals surface area (Å²) >= 11 is 0. The maximum Gasteiger partial charge on any atom is -0.00490 e. The molecule has 0 aliphatic heterocycles. The summed E-state index contributed by atoms with van der Waals surface area (Å²) in [5.41, 5.74) is 0. The van der Waals surface area contributed by atoms with Crippen LogP contribution in [0.1, 0.15) is 168 Å². The highest BCUT2D eigenvalue weighted by molar-refractivity contribution is 4.52. The Hall–Kier alpha value is -0.0400. The molecule has 0 aromatic heterocycles. The van der Waals surface area contributed by atoms with Gasteiger partial charge in [0.15, 0.2) is 0 Å². The summed E-state index contributed by atoms with van der Waals surface area (Å²) in [5, 5.41) is 3.41. The van der Waals surface area contributed by atoms with Gasteiger partial charge < -0.3 is 5.32 Å². The van der Waals surface area contributed by atoms with E-state index in [-0.39, 0.29) is 0 Å². The zero-order valence-electron chi connectivity index (χ0n) is 20.9. The van der Waals surface area contributed by atoms with E-state index in [4.69, 9.17) is 0 Å². The fraction of sp³-hybridized carbons (Fsp3) is 1.00. The van der Waals surface area contributed by atoms with Crippen molar-refractivity contribution in [2.24, 2.45) is 0 Å². The average Bonchev–Trinajstić information content (AvgIpc) is 2.74. The molecule has 0 spiro atoms. The zero-order valence-corrected chi connectivity index (χ0v) is 20.9. The number of hydrogen-bond donors (Lipinski definition) is 1. The molecule has 1 nitrogen and oxygen atoms in total. The lowest BCUT2D eigenvalue weighted by atomic mass is 10.0. The predicted octanol–water partition coefficient (Wildman–Crippen LogP) is 9.98. The molecule has 0 saturated carbocycles. The van der Waals surface area contributed by atoms with Crippen LogP contribution in [0.5, 0.6) is 0 Å². The highest BCUT2D eigenvalue weighted by Gasteiger charge is 1.96. The molecule has 0 saturated heterocycles. The van der Waals surface area contributed by atoms with Gasteiger partial charge in [-0.2, -0.15) is 0 Å². The molecule has 0 atom stereocenters. The fourth-order valence-electron chi connectivity index (χ4n) is 4.39. The van der Waals surface area contributed by atoms with Crippen molar-refractivity contribution < 1.29 is 0 Å². The van der Waals surface area contributed by atoms with Crippen LogP contribution in [-0.2, 0) is 0 Å². The van der Waals surface area contributed by atoms with Crippen molar-refractivity contribution in [3.63, 3.8) is 0 Å². The molecule has 0 heterocycles. The molecule has 0 bridgehead atoms. The largest absolute Gasteiger partial charge is 0.317 e. The normalized spacial score (nSPS) is 11.4. The van der Waals surface area contributed by atoms with E-state index in [1.807, 2.05) is 0 Å². The van der Waals surface area contributed by atoms with Crippen molar-refractivity contribution in [3.8, 4) is 0 Å². The second-order valence-electron chi connectivity index (χ2n) is 9.49. The molecular weight excluding hydrogens is 350 g/mol. The highest BCUT2D eigenvalue weighted by atomic mass is 14.8. The van der Waals surface area contributed by atoms with Crippen molar-refractivity contribution in [1.82, 2.24) is 5.32 Å². The summed E-state index contributed by atoms with van der Waals surface area (Å²) in [6.45, 7) is 6.84. The van der Waals surface area contributed by atoms with Crippen LogP contribution in [0.25, 0.3) is 0 Å². The summed E-state index contributed by atoms with van der Waals surface area (Å²) in [7, 11) is 0. The molecular formula is C28H59N. The first kappa shape index (κ1) is 29.0. The van der Waals surface area contributed by atoms with Gasteiger partial charge in [0, 0.05) is 0 Å². The van der Waals surface area contributed by atoms with E-state index in [9.17, 15) is 0 Å². The SMILES string of the molecule is CCCCCCCCCCCCCCCCCCCCCCCCCCNCC. The van der Waals surface area contributed by atoms with E-state index in [2.05, 4.69) is 19.2 Å². The molecule has 0 aliphatic carbocycles. The molecule has 0 amide bonds. The lowest BCUT2D eigenvalue weighted by molar-refractivity contribution is 0.516. The maximum absolute atomic E-state index is 3.41. The van der Waals surface area contributed by atoms with Gasteiger partial charge in [0.1, 0.15) is 0 Å². The summed E-state index contributed by atoms with van der Waals surface area (Å²) < 4.78 is 0. The maximum atomic E-state index is 3.41. The van der Waals surface area contributed by atoms with E-state index in [0.29, 0.717) is 0 Å². The average molecular weight is 410 g/mol. The van der Waals surface area contributed by atoms with Crippen LogP contribution in [0, 0.1) is 0 Å². The quantitative estimate of drug-likeness (QED) is 0.140.